The SMILES string of the molecule is COCCOCCOCCCC(=O)CCN1C(=O)C=CC1=O. The van der Waals surface area contributed by atoms with Gasteiger partial charge in [-0.1, -0.05) is 0 Å². The Morgan fingerprint density at radius 1 is 0.955 bits per heavy atom. The summed E-state index contributed by atoms with van der Waals surface area (Å²) in [4.78, 5) is 35.3. The second-order valence-corrected chi connectivity index (χ2v) is 4.77. The molecule has 22 heavy (non-hydrogen) atoms. The Morgan fingerprint density at radius 2 is 1.55 bits per heavy atom. The molecule has 1 aliphatic heterocycles. The van der Waals surface area contributed by atoms with Crippen LogP contribution in [0.15, 0.2) is 12.2 Å². The van der Waals surface area contributed by atoms with Crippen LogP contribution in [-0.4, -0.2) is 69.2 Å². The largest absolute Gasteiger partial charge is 0.382 e. The highest BCUT2D eigenvalue weighted by molar-refractivity contribution is 6.13. The van der Waals surface area contributed by atoms with Crippen molar-refractivity contribution in [2.24, 2.45) is 0 Å². The molecule has 0 aromatic heterocycles. The average molecular weight is 313 g/mol. The number of hydrogen-bond donors (Lipinski definition) is 0. The normalized spacial score (nSPS) is 14.1. The van der Waals surface area contributed by atoms with Crippen LogP contribution in [-0.2, 0) is 28.6 Å². The van der Waals surface area contributed by atoms with Crippen LogP contribution in [0.5, 0.6) is 0 Å². The first-order valence-electron chi connectivity index (χ1n) is 7.35. The van der Waals surface area contributed by atoms with Crippen molar-refractivity contribution in [2.75, 3.05) is 46.7 Å². The number of rotatable bonds is 13. The molecule has 1 aliphatic rings. The molecule has 7 heteroatoms. The second kappa shape index (κ2) is 11.1. The van der Waals surface area contributed by atoms with Crippen molar-refractivity contribution in [3.63, 3.8) is 0 Å². The van der Waals surface area contributed by atoms with E-state index in [-0.39, 0.29) is 30.6 Å². The van der Waals surface area contributed by atoms with Crippen molar-refractivity contribution in [3.8, 4) is 0 Å². The minimum absolute atomic E-state index is 0.0208. The summed E-state index contributed by atoms with van der Waals surface area (Å²) in [6.45, 7) is 2.73. The van der Waals surface area contributed by atoms with E-state index in [2.05, 4.69) is 0 Å². The zero-order valence-electron chi connectivity index (χ0n) is 12.9. The summed E-state index contributed by atoms with van der Waals surface area (Å²) >= 11 is 0. The lowest BCUT2D eigenvalue weighted by Gasteiger charge is -2.12. The van der Waals surface area contributed by atoms with E-state index in [4.69, 9.17) is 14.2 Å². The summed E-state index contributed by atoms with van der Waals surface area (Å²) in [5, 5.41) is 0. The van der Waals surface area contributed by atoms with Gasteiger partial charge in [0, 0.05) is 45.3 Å². The number of ketones is 1. The molecular formula is C15H23NO6. The first-order chi connectivity index (χ1) is 10.6. The van der Waals surface area contributed by atoms with Crippen LogP contribution >= 0.6 is 0 Å². The lowest BCUT2D eigenvalue weighted by atomic mass is 10.1. The number of amides is 2. The van der Waals surface area contributed by atoms with Crippen LogP contribution in [0.2, 0.25) is 0 Å². The van der Waals surface area contributed by atoms with Crippen LogP contribution in [0.1, 0.15) is 19.3 Å². The molecule has 7 nitrogen and oxygen atoms in total. The molecule has 2 amide bonds. The minimum Gasteiger partial charge on any atom is -0.382 e. The maximum Gasteiger partial charge on any atom is 0.253 e. The molecule has 0 fully saturated rings. The molecule has 1 rings (SSSR count). The van der Waals surface area contributed by atoms with Crippen LogP contribution in [0, 0.1) is 0 Å². The third-order valence-corrected chi connectivity index (χ3v) is 3.06. The summed E-state index contributed by atoms with van der Waals surface area (Å²) in [7, 11) is 1.61. The Hall–Kier alpha value is -1.57. The van der Waals surface area contributed by atoms with Gasteiger partial charge in [-0.3, -0.25) is 19.3 Å². The number of Topliss-reactive ketones (excluding diaryl/α,β-unsaturated/α-hetero) is 1. The van der Waals surface area contributed by atoms with Gasteiger partial charge >= 0.3 is 0 Å². The van der Waals surface area contributed by atoms with E-state index < -0.39 is 0 Å². The summed E-state index contributed by atoms with van der Waals surface area (Å²) in [5.74, 6) is -0.684. The molecule has 0 atom stereocenters. The number of imide groups is 1. The molecule has 0 saturated heterocycles. The molecule has 0 N–H and O–H groups in total. The quantitative estimate of drug-likeness (QED) is 0.360. The summed E-state index contributed by atoms with van der Waals surface area (Å²) < 4.78 is 15.4. The fourth-order valence-electron chi connectivity index (χ4n) is 1.85. The summed E-state index contributed by atoms with van der Waals surface area (Å²) in [6, 6.07) is 0. The Kier molecular flexibility index (Phi) is 9.29. The van der Waals surface area contributed by atoms with Gasteiger partial charge in [0.1, 0.15) is 5.78 Å². The molecular weight excluding hydrogens is 290 g/mol. The van der Waals surface area contributed by atoms with Crippen molar-refractivity contribution in [1.29, 1.82) is 0 Å². The number of nitrogens with zero attached hydrogens (tertiary/aromatic N) is 1. The predicted octanol–water partition coefficient (Wildman–Crippen LogP) is 0.330. The zero-order valence-corrected chi connectivity index (χ0v) is 12.9. The molecule has 124 valence electrons. The highest BCUT2D eigenvalue weighted by atomic mass is 16.5. The number of hydrogen-bond acceptors (Lipinski definition) is 6. The van der Waals surface area contributed by atoms with Gasteiger partial charge in [-0.25, -0.2) is 0 Å². The monoisotopic (exact) mass is 313 g/mol. The Bertz CT molecular complexity index is 389. The number of carbonyl (C=O) groups is 3. The summed E-state index contributed by atoms with van der Waals surface area (Å²) in [5.41, 5.74) is 0. The average Bonchev–Trinajstić information content (AvgIpc) is 2.82. The molecule has 0 aromatic rings. The van der Waals surface area contributed by atoms with Gasteiger partial charge in [-0.15, -0.1) is 0 Å². The molecule has 0 bridgehead atoms. The Labute approximate surface area is 130 Å². The van der Waals surface area contributed by atoms with Crippen LogP contribution < -0.4 is 0 Å². The first-order valence-corrected chi connectivity index (χ1v) is 7.35. The Morgan fingerprint density at radius 3 is 2.18 bits per heavy atom. The number of methoxy groups -OCH3 is 1. The predicted molar refractivity (Wildman–Crippen MR) is 78.2 cm³/mol. The maximum atomic E-state index is 11.7. The van der Waals surface area contributed by atoms with E-state index in [1.54, 1.807) is 7.11 Å². The molecule has 0 unspecified atom stereocenters. The van der Waals surface area contributed by atoms with Crippen LogP contribution in [0.25, 0.3) is 0 Å². The van der Waals surface area contributed by atoms with E-state index in [0.29, 0.717) is 45.9 Å². The van der Waals surface area contributed by atoms with Gasteiger partial charge in [0.05, 0.1) is 26.4 Å². The van der Waals surface area contributed by atoms with Crippen molar-refractivity contribution in [2.45, 2.75) is 19.3 Å². The van der Waals surface area contributed by atoms with Crippen molar-refractivity contribution >= 4 is 17.6 Å². The van der Waals surface area contributed by atoms with Gasteiger partial charge in [0.15, 0.2) is 0 Å². The third-order valence-electron chi connectivity index (χ3n) is 3.06. The number of ether oxygens (including phenoxy) is 3. The first kappa shape index (κ1) is 18.5. The fourth-order valence-corrected chi connectivity index (χ4v) is 1.85. The van der Waals surface area contributed by atoms with Crippen LogP contribution in [0.4, 0.5) is 0 Å². The van der Waals surface area contributed by atoms with Gasteiger partial charge in [-0.2, -0.15) is 0 Å². The molecule has 0 aliphatic carbocycles. The van der Waals surface area contributed by atoms with Crippen molar-refractivity contribution < 1.29 is 28.6 Å². The molecule has 0 saturated carbocycles. The third kappa shape index (κ3) is 7.44. The Balaban J connectivity index is 1.93. The highest BCUT2D eigenvalue weighted by Crippen LogP contribution is 2.06. The standard InChI is InChI=1S/C15H23NO6/c1-20-9-10-22-12-11-21-8-2-3-13(17)6-7-16-14(18)4-5-15(16)19/h4-5H,2-3,6-12H2,1H3. The number of carbonyl (C=O) groups excluding carboxylic acids is 3. The van der Waals surface area contributed by atoms with Gasteiger partial charge in [0.25, 0.3) is 11.8 Å². The molecule has 1 heterocycles. The molecule has 0 aromatic carbocycles. The zero-order chi connectivity index (χ0) is 16.2. The van der Waals surface area contributed by atoms with E-state index in [0.717, 1.165) is 4.90 Å². The minimum atomic E-state index is -0.352. The van der Waals surface area contributed by atoms with Gasteiger partial charge in [0.2, 0.25) is 0 Å². The smallest absolute Gasteiger partial charge is 0.253 e. The van der Waals surface area contributed by atoms with Crippen molar-refractivity contribution in [3.05, 3.63) is 12.2 Å². The highest BCUT2D eigenvalue weighted by Gasteiger charge is 2.23. The van der Waals surface area contributed by atoms with E-state index in [1.165, 1.54) is 12.2 Å². The van der Waals surface area contributed by atoms with Gasteiger partial charge in [-0.05, 0) is 6.42 Å². The van der Waals surface area contributed by atoms with Crippen LogP contribution in [0.3, 0.4) is 0 Å². The molecule has 0 radical (unpaired) electrons. The fraction of sp³-hybridized carbons (Fsp3) is 0.667. The molecule has 0 spiro atoms. The summed E-state index contributed by atoms with van der Waals surface area (Å²) in [6.07, 6.45) is 3.63. The van der Waals surface area contributed by atoms with Gasteiger partial charge < -0.3 is 14.2 Å². The van der Waals surface area contributed by atoms with Crippen molar-refractivity contribution in [1.82, 2.24) is 4.90 Å². The van der Waals surface area contributed by atoms with E-state index in [9.17, 15) is 14.4 Å². The lowest BCUT2D eigenvalue weighted by molar-refractivity contribution is -0.137. The second-order valence-electron chi connectivity index (χ2n) is 4.77. The topological polar surface area (TPSA) is 82.1 Å². The van der Waals surface area contributed by atoms with E-state index >= 15 is 0 Å². The lowest BCUT2D eigenvalue weighted by Crippen LogP contribution is -2.32. The maximum absolute atomic E-state index is 11.7. The van der Waals surface area contributed by atoms with E-state index in [1.807, 2.05) is 0 Å².